The van der Waals surface area contributed by atoms with E-state index in [1.807, 2.05) is 49.5 Å². The largest absolute Gasteiger partial charge is 0.492 e. The lowest BCUT2D eigenvalue weighted by atomic mass is 10.3. The quantitative estimate of drug-likeness (QED) is 0.617. The van der Waals surface area contributed by atoms with Crippen LogP contribution < -0.4 is 10.1 Å². The van der Waals surface area contributed by atoms with E-state index in [1.165, 1.54) is 11.3 Å². The number of para-hydroxylation sites is 1. The van der Waals surface area contributed by atoms with Crippen LogP contribution >= 0.6 is 22.9 Å². The first-order valence-corrected chi connectivity index (χ1v) is 9.55. The Hall–Kier alpha value is -2.48. The standard InChI is InChI=1S/C19H19ClN4O2S/c1-24(11-12-26-16-9-7-14(20)8-10-16)13-17-22-23-19(27-17)18(25)21-15-5-3-2-4-6-15/h2-10H,11-13H2,1H3,(H,21,25). The van der Waals surface area contributed by atoms with Crippen molar-refractivity contribution in [2.45, 2.75) is 6.54 Å². The molecule has 140 valence electrons. The summed E-state index contributed by atoms with van der Waals surface area (Å²) in [6.45, 7) is 1.85. The van der Waals surface area contributed by atoms with Crippen molar-refractivity contribution in [1.82, 2.24) is 15.1 Å². The van der Waals surface area contributed by atoms with E-state index in [2.05, 4.69) is 20.4 Å². The van der Waals surface area contributed by atoms with Crippen LogP contribution in [0, 0.1) is 0 Å². The minimum absolute atomic E-state index is 0.251. The van der Waals surface area contributed by atoms with Crippen molar-refractivity contribution < 1.29 is 9.53 Å². The number of rotatable bonds is 8. The van der Waals surface area contributed by atoms with Crippen molar-refractivity contribution in [2.75, 3.05) is 25.5 Å². The lowest BCUT2D eigenvalue weighted by Crippen LogP contribution is -2.23. The summed E-state index contributed by atoms with van der Waals surface area (Å²) in [5, 5.41) is 12.7. The van der Waals surface area contributed by atoms with Crippen molar-refractivity contribution in [3.05, 3.63) is 69.6 Å². The van der Waals surface area contributed by atoms with Crippen LogP contribution in [-0.2, 0) is 6.54 Å². The van der Waals surface area contributed by atoms with Crippen LogP contribution in [0.2, 0.25) is 5.02 Å². The van der Waals surface area contributed by atoms with Crippen LogP contribution in [0.3, 0.4) is 0 Å². The van der Waals surface area contributed by atoms with Gasteiger partial charge in [0.1, 0.15) is 17.4 Å². The van der Waals surface area contributed by atoms with E-state index in [9.17, 15) is 4.79 Å². The summed E-state index contributed by atoms with van der Waals surface area (Å²) in [4.78, 5) is 14.3. The summed E-state index contributed by atoms with van der Waals surface area (Å²) in [6, 6.07) is 16.5. The van der Waals surface area contributed by atoms with Gasteiger partial charge in [-0.25, -0.2) is 0 Å². The zero-order valence-corrected chi connectivity index (χ0v) is 16.3. The highest BCUT2D eigenvalue weighted by Gasteiger charge is 2.14. The fraction of sp³-hybridized carbons (Fsp3) is 0.211. The Morgan fingerprint density at radius 1 is 1.15 bits per heavy atom. The maximum atomic E-state index is 12.2. The molecular formula is C19H19ClN4O2S. The molecule has 0 atom stereocenters. The summed E-state index contributed by atoms with van der Waals surface area (Å²) in [6.07, 6.45) is 0. The van der Waals surface area contributed by atoms with Crippen molar-refractivity contribution in [1.29, 1.82) is 0 Å². The van der Waals surface area contributed by atoms with Crippen LogP contribution in [0.25, 0.3) is 0 Å². The third kappa shape index (κ3) is 6.02. The summed E-state index contributed by atoms with van der Waals surface area (Å²) in [5.74, 6) is 0.530. The van der Waals surface area contributed by atoms with E-state index in [0.29, 0.717) is 29.7 Å². The average molecular weight is 403 g/mol. The van der Waals surface area contributed by atoms with Crippen LogP contribution in [0.15, 0.2) is 54.6 Å². The Labute approximate surface area is 166 Å². The molecule has 1 amide bonds. The fourth-order valence-electron chi connectivity index (χ4n) is 2.28. The monoisotopic (exact) mass is 402 g/mol. The van der Waals surface area contributed by atoms with E-state index in [-0.39, 0.29) is 5.91 Å². The Bertz CT molecular complexity index is 871. The molecule has 0 saturated carbocycles. The number of hydrogen-bond acceptors (Lipinski definition) is 6. The second-order valence-electron chi connectivity index (χ2n) is 5.86. The van der Waals surface area contributed by atoms with Crippen LogP contribution in [0.4, 0.5) is 5.69 Å². The van der Waals surface area contributed by atoms with Gasteiger partial charge in [-0.05, 0) is 43.4 Å². The smallest absolute Gasteiger partial charge is 0.286 e. The van der Waals surface area contributed by atoms with Gasteiger partial charge in [0.2, 0.25) is 5.01 Å². The number of nitrogens with zero attached hydrogens (tertiary/aromatic N) is 3. The number of anilines is 1. The molecule has 3 rings (SSSR count). The first kappa shape index (κ1) is 19.3. The minimum atomic E-state index is -0.251. The molecule has 0 radical (unpaired) electrons. The topological polar surface area (TPSA) is 67.3 Å². The number of ether oxygens (including phenoxy) is 1. The number of benzene rings is 2. The molecule has 1 heterocycles. The predicted molar refractivity (Wildman–Crippen MR) is 108 cm³/mol. The predicted octanol–water partition coefficient (Wildman–Crippen LogP) is 3.95. The van der Waals surface area contributed by atoms with E-state index in [1.54, 1.807) is 12.1 Å². The maximum Gasteiger partial charge on any atom is 0.286 e. The van der Waals surface area contributed by atoms with E-state index >= 15 is 0 Å². The average Bonchev–Trinajstić information content (AvgIpc) is 3.13. The molecule has 27 heavy (non-hydrogen) atoms. The van der Waals surface area contributed by atoms with Gasteiger partial charge in [-0.15, -0.1) is 10.2 Å². The molecule has 1 N–H and O–H groups in total. The van der Waals surface area contributed by atoms with Crippen molar-refractivity contribution >= 4 is 34.5 Å². The SMILES string of the molecule is CN(CCOc1ccc(Cl)cc1)Cc1nnc(C(=O)Nc2ccccc2)s1. The maximum absolute atomic E-state index is 12.2. The summed E-state index contributed by atoms with van der Waals surface area (Å²) in [5.41, 5.74) is 0.732. The van der Waals surface area contributed by atoms with Gasteiger partial charge in [-0.2, -0.15) is 0 Å². The molecule has 0 fully saturated rings. The molecule has 0 aliphatic carbocycles. The van der Waals surface area contributed by atoms with E-state index < -0.39 is 0 Å². The van der Waals surface area contributed by atoms with Gasteiger partial charge >= 0.3 is 0 Å². The van der Waals surface area contributed by atoms with Gasteiger partial charge in [-0.1, -0.05) is 41.1 Å². The third-order valence-electron chi connectivity index (χ3n) is 3.65. The molecule has 0 spiro atoms. The third-order valence-corrected chi connectivity index (χ3v) is 4.81. The second-order valence-corrected chi connectivity index (χ2v) is 7.36. The van der Waals surface area contributed by atoms with Crippen molar-refractivity contribution in [2.24, 2.45) is 0 Å². The highest BCUT2D eigenvalue weighted by atomic mass is 35.5. The normalized spacial score (nSPS) is 10.8. The minimum Gasteiger partial charge on any atom is -0.492 e. The number of halogens is 1. The van der Waals surface area contributed by atoms with Gasteiger partial charge in [0.05, 0.1) is 6.54 Å². The molecule has 0 aliphatic heterocycles. The number of carbonyl (C=O) groups is 1. The molecule has 3 aromatic rings. The molecule has 8 heteroatoms. The number of carbonyl (C=O) groups excluding carboxylic acids is 1. The Kier molecular flexibility index (Phi) is 6.75. The molecule has 0 unspecified atom stereocenters. The van der Waals surface area contributed by atoms with Gasteiger partial charge in [-0.3, -0.25) is 9.69 Å². The van der Waals surface area contributed by atoms with Crippen molar-refractivity contribution in [3.63, 3.8) is 0 Å². The van der Waals surface area contributed by atoms with Gasteiger partial charge in [0, 0.05) is 17.3 Å². The first-order valence-electron chi connectivity index (χ1n) is 8.36. The summed E-state index contributed by atoms with van der Waals surface area (Å²) in [7, 11) is 1.97. The molecular weight excluding hydrogens is 384 g/mol. The summed E-state index contributed by atoms with van der Waals surface area (Å²) < 4.78 is 5.68. The summed E-state index contributed by atoms with van der Waals surface area (Å²) >= 11 is 7.14. The number of nitrogens with one attached hydrogen (secondary N) is 1. The van der Waals surface area contributed by atoms with Crippen molar-refractivity contribution in [3.8, 4) is 5.75 Å². The molecule has 6 nitrogen and oxygen atoms in total. The Morgan fingerprint density at radius 2 is 1.89 bits per heavy atom. The number of amides is 1. The molecule has 1 aromatic heterocycles. The highest BCUT2D eigenvalue weighted by molar-refractivity contribution is 7.13. The lowest BCUT2D eigenvalue weighted by Gasteiger charge is -2.15. The zero-order chi connectivity index (χ0) is 19.1. The van der Waals surface area contributed by atoms with Crippen LogP contribution in [0.1, 0.15) is 14.8 Å². The van der Waals surface area contributed by atoms with Gasteiger partial charge < -0.3 is 10.1 Å². The zero-order valence-electron chi connectivity index (χ0n) is 14.8. The number of likely N-dealkylation sites (N-methyl/N-ethyl adjacent to an activating group) is 1. The molecule has 0 aliphatic rings. The van der Waals surface area contributed by atoms with E-state index in [4.69, 9.17) is 16.3 Å². The fourth-order valence-corrected chi connectivity index (χ4v) is 3.22. The van der Waals surface area contributed by atoms with E-state index in [0.717, 1.165) is 16.4 Å². The molecule has 2 aromatic carbocycles. The molecule has 0 bridgehead atoms. The first-order chi connectivity index (χ1) is 13.1. The van der Waals surface area contributed by atoms with Crippen LogP contribution in [0.5, 0.6) is 5.75 Å². The van der Waals surface area contributed by atoms with Crippen LogP contribution in [-0.4, -0.2) is 41.2 Å². The number of aromatic nitrogens is 2. The van der Waals surface area contributed by atoms with Gasteiger partial charge in [0.25, 0.3) is 5.91 Å². The Balaban J connectivity index is 1.45. The second kappa shape index (κ2) is 9.45. The Morgan fingerprint density at radius 3 is 2.63 bits per heavy atom. The number of hydrogen-bond donors (Lipinski definition) is 1. The lowest BCUT2D eigenvalue weighted by molar-refractivity contribution is 0.102. The highest BCUT2D eigenvalue weighted by Crippen LogP contribution is 2.16. The molecule has 0 saturated heterocycles. The van der Waals surface area contributed by atoms with Gasteiger partial charge in [0.15, 0.2) is 0 Å².